The maximum atomic E-state index is 5.70. The minimum absolute atomic E-state index is 0.0220. The van der Waals surface area contributed by atoms with Crippen molar-refractivity contribution in [1.29, 1.82) is 0 Å². The maximum Gasteiger partial charge on any atom is 0.173 e. The maximum absolute atomic E-state index is 5.70. The molecular formula is C13H20O3S. The van der Waals surface area contributed by atoms with Crippen LogP contribution in [0, 0.1) is 0 Å². The van der Waals surface area contributed by atoms with Gasteiger partial charge in [0, 0.05) is 6.61 Å². The van der Waals surface area contributed by atoms with E-state index in [9.17, 15) is 0 Å². The first-order valence-corrected chi connectivity index (χ1v) is 7.20. The summed E-state index contributed by atoms with van der Waals surface area (Å²) in [4.78, 5) is 0. The van der Waals surface area contributed by atoms with Crippen molar-refractivity contribution in [3.05, 3.63) is 17.0 Å². The van der Waals surface area contributed by atoms with Gasteiger partial charge in [0.05, 0.1) is 13.2 Å². The van der Waals surface area contributed by atoms with Crippen LogP contribution in [-0.2, 0) is 15.9 Å². The summed E-state index contributed by atoms with van der Waals surface area (Å²) >= 11 is 1.65. The van der Waals surface area contributed by atoms with Gasteiger partial charge in [-0.3, -0.25) is 0 Å². The van der Waals surface area contributed by atoms with Gasteiger partial charge in [0.1, 0.15) is 0 Å². The van der Waals surface area contributed by atoms with Crippen LogP contribution in [0.1, 0.15) is 31.7 Å². The van der Waals surface area contributed by atoms with Gasteiger partial charge >= 0.3 is 0 Å². The lowest BCUT2D eigenvalue weighted by Gasteiger charge is -2.22. The molecule has 17 heavy (non-hydrogen) atoms. The summed E-state index contributed by atoms with van der Waals surface area (Å²) in [5.74, 6) is 0. The van der Waals surface area contributed by atoms with Gasteiger partial charge in [-0.25, -0.2) is 0 Å². The lowest BCUT2D eigenvalue weighted by Crippen LogP contribution is -2.23. The Kier molecular flexibility index (Phi) is 5.29. The molecule has 1 aromatic heterocycles. The van der Waals surface area contributed by atoms with E-state index in [0.29, 0.717) is 0 Å². The van der Waals surface area contributed by atoms with Crippen LogP contribution >= 0.6 is 11.3 Å². The largest absolute Gasteiger partial charge is 0.484 e. The van der Waals surface area contributed by atoms with Gasteiger partial charge in [-0.2, -0.15) is 0 Å². The Balaban J connectivity index is 1.66. The molecule has 0 N–H and O–H groups in total. The van der Waals surface area contributed by atoms with Crippen LogP contribution in [-0.4, -0.2) is 26.1 Å². The van der Waals surface area contributed by atoms with Crippen LogP contribution in [0.2, 0.25) is 0 Å². The van der Waals surface area contributed by atoms with E-state index in [4.69, 9.17) is 14.2 Å². The molecule has 0 radical (unpaired) electrons. The zero-order chi connectivity index (χ0) is 11.9. The van der Waals surface area contributed by atoms with Gasteiger partial charge in [0.25, 0.3) is 0 Å². The number of hydrogen-bond donors (Lipinski definition) is 0. The molecule has 0 aliphatic carbocycles. The standard InChI is InChI=1S/C13H20O3S/c1-2-14-13-9-11(10-17-13)6-8-16-12-5-3-4-7-15-12/h9-10,12H,2-8H2,1H3. The summed E-state index contributed by atoms with van der Waals surface area (Å²) in [5.41, 5.74) is 1.29. The molecule has 96 valence electrons. The topological polar surface area (TPSA) is 27.7 Å². The van der Waals surface area contributed by atoms with E-state index >= 15 is 0 Å². The third-order valence-electron chi connectivity index (χ3n) is 2.75. The molecule has 0 saturated carbocycles. The molecule has 0 spiro atoms. The molecule has 2 heterocycles. The van der Waals surface area contributed by atoms with E-state index in [1.165, 1.54) is 18.4 Å². The van der Waals surface area contributed by atoms with Crippen molar-refractivity contribution in [2.45, 2.75) is 38.9 Å². The predicted molar refractivity (Wildman–Crippen MR) is 68.7 cm³/mol. The van der Waals surface area contributed by atoms with Gasteiger partial charge in [-0.05, 0) is 49.6 Å². The summed E-state index contributed by atoms with van der Waals surface area (Å²) in [7, 11) is 0. The Bertz CT molecular complexity index is 318. The summed E-state index contributed by atoms with van der Waals surface area (Å²) in [6.45, 7) is 4.31. The van der Waals surface area contributed by atoms with E-state index in [1.807, 2.05) is 6.92 Å². The number of hydrogen-bond acceptors (Lipinski definition) is 4. The van der Waals surface area contributed by atoms with Crippen molar-refractivity contribution in [3.8, 4) is 5.06 Å². The minimum atomic E-state index is 0.0220. The van der Waals surface area contributed by atoms with Crippen LogP contribution in [0.15, 0.2) is 11.4 Å². The molecule has 0 amide bonds. The SMILES string of the molecule is CCOc1cc(CCOC2CCCCO2)cs1. The molecule has 1 atom stereocenters. The fourth-order valence-corrected chi connectivity index (χ4v) is 2.71. The lowest BCUT2D eigenvalue weighted by atomic mass is 10.2. The molecule has 1 aliphatic heterocycles. The molecule has 2 rings (SSSR count). The van der Waals surface area contributed by atoms with E-state index in [0.717, 1.165) is 37.7 Å². The molecule has 0 bridgehead atoms. The van der Waals surface area contributed by atoms with Gasteiger partial charge < -0.3 is 14.2 Å². The second-order valence-electron chi connectivity index (χ2n) is 4.12. The van der Waals surface area contributed by atoms with Gasteiger partial charge in [-0.15, -0.1) is 11.3 Å². The van der Waals surface area contributed by atoms with E-state index in [1.54, 1.807) is 11.3 Å². The fourth-order valence-electron chi connectivity index (χ4n) is 1.85. The van der Waals surface area contributed by atoms with E-state index < -0.39 is 0 Å². The highest BCUT2D eigenvalue weighted by Gasteiger charge is 2.13. The summed E-state index contributed by atoms with van der Waals surface area (Å²) in [5, 5.41) is 3.13. The average Bonchev–Trinajstić information content (AvgIpc) is 2.79. The quantitative estimate of drug-likeness (QED) is 0.782. The fraction of sp³-hybridized carbons (Fsp3) is 0.692. The highest BCUT2D eigenvalue weighted by atomic mass is 32.1. The second kappa shape index (κ2) is 6.99. The Morgan fingerprint density at radius 3 is 3.18 bits per heavy atom. The van der Waals surface area contributed by atoms with Gasteiger partial charge in [0.2, 0.25) is 0 Å². The van der Waals surface area contributed by atoms with E-state index in [2.05, 4.69) is 11.4 Å². The molecule has 3 nitrogen and oxygen atoms in total. The second-order valence-corrected chi connectivity index (χ2v) is 5.00. The van der Waals surface area contributed by atoms with Crippen LogP contribution in [0.5, 0.6) is 5.06 Å². The Labute approximate surface area is 107 Å². The summed E-state index contributed by atoms with van der Waals surface area (Å²) < 4.78 is 16.6. The van der Waals surface area contributed by atoms with Crippen LogP contribution in [0.25, 0.3) is 0 Å². The molecule has 4 heteroatoms. The zero-order valence-corrected chi connectivity index (χ0v) is 11.1. The lowest BCUT2D eigenvalue weighted by molar-refractivity contribution is -0.161. The van der Waals surface area contributed by atoms with E-state index in [-0.39, 0.29) is 6.29 Å². The van der Waals surface area contributed by atoms with Crippen LogP contribution in [0.4, 0.5) is 0 Å². The normalized spacial score (nSPS) is 20.4. The van der Waals surface area contributed by atoms with Gasteiger partial charge in [0.15, 0.2) is 11.4 Å². The van der Waals surface area contributed by atoms with Crippen molar-refractivity contribution in [3.63, 3.8) is 0 Å². The van der Waals surface area contributed by atoms with Gasteiger partial charge in [-0.1, -0.05) is 0 Å². The monoisotopic (exact) mass is 256 g/mol. The smallest absolute Gasteiger partial charge is 0.173 e. The molecule has 1 saturated heterocycles. The average molecular weight is 256 g/mol. The first-order chi connectivity index (χ1) is 8.38. The third-order valence-corrected chi connectivity index (χ3v) is 3.64. The number of ether oxygens (including phenoxy) is 3. The highest BCUT2D eigenvalue weighted by Crippen LogP contribution is 2.23. The minimum Gasteiger partial charge on any atom is -0.484 e. The van der Waals surface area contributed by atoms with Crippen molar-refractivity contribution < 1.29 is 14.2 Å². The Morgan fingerprint density at radius 1 is 1.47 bits per heavy atom. The summed E-state index contributed by atoms with van der Waals surface area (Å²) in [6, 6.07) is 2.10. The highest BCUT2D eigenvalue weighted by molar-refractivity contribution is 7.12. The van der Waals surface area contributed by atoms with Crippen molar-refractivity contribution in [2.24, 2.45) is 0 Å². The number of thiophene rings is 1. The van der Waals surface area contributed by atoms with Crippen molar-refractivity contribution >= 4 is 11.3 Å². The number of rotatable bonds is 6. The Morgan fingerprint density at radius 2 is 2.41 bits per heavy atom. The first kappa shape index (κ1) is 12.9. The molecule has 1 aliphatic rings. The molecule has 1 unspecified atom stereocenters. The molecule has 0 aromatic carbocycles. The third kappa shape index (κ3) is 4.30. The Hall–Kier alpha value is -0.580. The molecule has 1 fully saturated rings. The van der Waals surface area contributed by atoms with Crippen LogP contribution < -0.4 is 4.74 Å². The zero-order valence-electron chi connectivity index (χ0n) is 10.3. The molecular weight excluding hydrogens is 236 g/mol. The van der Waals surface area contributed by atoms with Crippen LogP contribution in [0.3, 0.4) is 0 Å². The van der Waals surface area contributed by atoms with Crippen molar-refractivity contribution in [1.82, 2.24) is 0 Å². The summed E-state index contributed by atoms with van der Waals surface area (Å²) in [6.07, 6.45) is 4.38. The molecule has 1 aromatic rings. The first-order valence-electron chi connectivity index (χ1n) is 6.32. The van der Waals surface area contributed by atoms with Crippen molar-refractivity contribution in [2.75, 3.05) is 19.8 Å². The predicted octanol–water partition coefficient (Wildman–Crippen LogP) is 3.23.